The Bertz CT molecular complexity index is 625. The molecular formula is C17H22N2OS. The Morgan fingerprint density at radius 3 is 3.00 bits per heavy atom. The van der Waals surface area contributed by atoms with E-state index in [4.69, 9.17) is 15.5 Å². The molecule has 0 saturated heterocycles. The third-order valence-electron chi connectivity index (χ3n) is 4.42. The molecule has 112 valence electrons. The van der Waals surface area contributed by atoms with E-state index in [2.05, 4.69) is 18.4 Å². The molecular weight excluding hydrogens is 280 g/mol. The molecule has 1 fully saturated rings. The summed E-state index contributed by atoms with van der Waals surface area (Å²) in [5, 5.41) is 3.22. The Kier molecular flexibility index (Phi) is 4.00. The van der Waals surface area contributed by atoms with Gasteiger partial charge in [0.25, 0.3) is 0 Å². The number of ether oxygens (including phenoxy) is 1. The topological polar surface area (TPSA) is 48.1 Å². The second kappa shape index (κ2) is 5.78. The van der Waals surface area contributed by atoms with Crippen molar-refractivity contribution in [1.82, 2.24) is 4.98 Å². The third kappa shape index (κ3) is 2.83. The number of benzene rings is 1. The summed E-state index contributed by atoms with van der Waals surface area (Å²) in [6.45, 7) is 2.30. The number of methoxy groups -OCH3 is 1. The number of thiazole rings is 1. The van der Waals surface area contributed by atoms with Crippen molar-refractivity contribution in [3.05, 3.63) is 34.7 Å². The summed E-state index contributed by atoms with van der Waals surface area (Å²) in [5.41, 5.74) is 8.52. The molecule has 0 bridgehead atoms. The van der Waals surface area contributed by atoms with E-state index in [-0.39, 0.29) is 5.60 Å². The lowest BCUT2D eigenvalue weighted by atomic mass is 9.79. The van der Waals surface area contributed by atoms with E-state index in [0.717, 1.165) is 34.8 Å². The molecule has 0 spiro atoms. The summed E-state index contributed by atoms with van der Waals surface area (Å²) in [6, 6.07) is 7.90. The fourth-order valence-electron chi connectivity index (χ4n) is 3.28. The van der Waals surface area contributed by atoms with Gasteiger partial charge in [0.1, 0.15) is 10.6 Å². The van der Waals surface area contributed by atoms with Gasteiger partial charge in [-0.15, -0.1) is 11.3 Å². The van der Waals surface area contributed by atoms with Crippen LogP contribution in [0.25, 0.3) is 11.3 Å². The maximum absolute atomic E-state index is 5.93. The molecule has 3 nitrogen and oxygen atoms in total. The monoisotopic (exact) mass is 302 g/mol. The first-order valence-electron chi connectivity index (χ1n) is 7.50. The summed E-state index contributed by atoms with van der Waals surface area (Å²) in [5.74, 6) is 0.693. The highest BCUT2D eigenvalue weighted by molar-refractivity contribution is 7.10. The Morgan fingerprint density at radius 1 is 1.43 bits per heavy atom. The van der Waals surface area contributed by atoms with Gasteiger partial charge in [0.15, 0.2) is 0 Å². The first-order chi connectivity index (χ1) is 10.1. The Labute approximate surface area is 130 Å². The number of aromatic nitrogens is 1. The average molecular weight is 302 g/mol. The van der Waals surface area contributed by atoms with Crippen LogP contribution < -0.4 is 5.73 Å². The van der Waals surface area contributed by atoms with E-state index in [1.54, 1.807) is 11.3 Å². The molecule has 0 aliphatic heterocycles. The number of nitrogens with two attached hydrogens (primary N) is 1. The van der Waals surface area contributed by atoms with Gasteiger partial charge in [-0.1, -0.05) is 25.5 Å². The summed E-state index contributed by atoms with van der Waals surface area (Å²) in [6.07, 6.45) is 4.63. The predicted octanol–water partition coefficient (Wildman–Crippen LogP) is 4.44. The predicted molar refractivity (Wildman–Crippen MR) is 88.3 cm³/mol. The Hall–Kier alpha value is -1.39. The molecule has 2 unspecified atom stereocenters. The van der Waals surface area contributed by atoms with E-state index in [1.165, 1.54) is 12.8 Å². The molecule has 1 aliphatic rings. The maximum Gasteiger partial charge on any atom is 0.125 e. The molecule has 2 aromatic rings. The van der Waals surface area contributed by atoms with E-state index in [1.807, 2.05) is 25.3 Å². The molecule has 1 saturated carbocycles. The lowest BCUT2D eigenvalue weighted by molar-refractivity contribution is -0.0579. The van der Waals surface area contributed by atoms with E-state index < -0.39 is 0 Å². The second-order valence-electron chi connectivity index (χ2n) is 6.06. The lowest BCUT2D eigenvalue weighted by Crippen LogP contribution is -2.34. The number of rotatable bonds is 3. The van der Waals surface area contributed by atoms with Crippen LogP contribution >= 0.6 is 11.3 Å². The molecule has 0 radical (unpaired) electrons. The zero-order valence-corrected chi connectivity index (χ0v) is 13.5. The number of hydrogen-bond donors (Lipinski definition) is 1. The normalized spacial score (nSPS) is 25.9. The molecule has 3 rings (SSSR count). The first-order valence-corrected chi connectivity index (χ1v) is 8.38. The molecule has 1 aromatic heterocycles. The number of nitrogen functional groups attached to an aromatic ring is 1. The molecule has 1 aliphatic carbocycles. The van der Waals surface area contributed by atoms with Crippen LogP contribution in [0.2, 0.25) is 0 Å². The highest BCUT2D eigenvalue weighted by atomic mass is 32.1. The fraction of sp³-hybridized carbons (Fsp3) is 0.471. The van der Waals surface area contributed by atoms with E-state index in [9.17, 15) is 0 Å². The van der Waals surface area contributed by atoms with Crippen molar-refractivity contribution in [2.24, 2.45) is 5.92 Å². The summed E-state index contributed by atoms with van der Waals surface area (Å²) >= 11 is 1.71. The smallest absolute Gasteiger partial charge is 0.125 e. The van der Waals surface area contributed by atoms with E-state index >= 15 is 0 Å². The highest BCUT2D eigenvalue weighted by Gasteiger charge is 2.39. The van der Waals surface area contributed by atoms with Gasteiger partial charge in [0, 0.05) is 23.7 Å². The van der Waals surface area contributed by atoms with Gasteiger partial charge < -0.3 is 10.5 Å². The SMILES string of the molecule is COC1(c2nc(-c3cccc(N)c3)cs2)CCCC(C)C1. The zero-order chi connectivity index (χ0) is 14.9. The minimum Gasteiger partial charge on any atom is -0.399 e. The molecule has 2 atom stereocenters. The lowest BCUT2D eigenvalue weighted by Gasteiger charge is -2.37. The second-order valence-corrected chi connectivity index (χ2v) is 6.92. The minimum absolute atomic E-state index is 0.194. The minimum atomic E-state index is -0.194. The van der Waals surface area contributed by atoms with Crippen LogP contribution in [0.1, 0.15) is 37.6 Å². The van der Waals surface area contributed by atoms with Crippen LogP contribution in [-0.2, 0) is 10.3 Å². The van der Waals surface area contributed by atoms with E-state index in [0.29, 0.717) is 5.92 Å². The third-order valence-corrected chi connectivity index (χ3v) is 5.45. The van der Waals surface area contributed by atoms with Crippen LogP contribution in [0.4, 0.5) is 5.69 Å². The van der Waals surface area contributed by atoms with Crippen molar-refractivity contribution in [2.45, 2.75) is 38.2 Å². The van der Waals surface area contributed by atoms with Crippen molar-refractivity contribution in [3.8, 4) is 11.3 Å². The standard InChI is InChI=1S/C17H22N2OS/c1-12-5-4-8-17(10-12,20-2)16-19-15(11-21-16)13-6-3-7-14(18)9-13/h3,6-7,9,11-12H,4-5,8,10,18H2,1-2H3. The molecule has 4 heteroatoms. The van der Waals surface area contributed by atoms with Crippen molar-refractivity contribution in [2.75, 3.05) is 12.8 Å². The van der Waals surface area contributed by atoms with Gasteiger partial charge in [0.05, 0.1) is 5.69 Å². The number of anilines is 1. The van der Waals surface area contributed by atoms with Gasteiger partial charge in [0.2, 0.25) is 0 Å². The average Bonchev–Trinajstić information content (AvgIpc) is 2.97. The highest BCUT2D eigenvalue weighted by Crippen LogP contribution is 2.44. The number of nitrogens with zero attached hydrogens (tertiary/aromatic N) is 1. The van der Waals surface area contributed by atoms with Crippen LogP contribution in [0, 0.1) is 5.92 Å². The van der Waals surface area contributed by atoms with Gasteiger partial charge >= 0.3 is 0 Å². The Balaban J connectivity index is 1.93. The molecule has 1 aromatic carbocycles. The number of hydrogen-bond acceptors (Lipinski definition) is 4. The van der Waals surface area contributed by atoms with Crippen LogP contribution in [0.3, 0.4) is 0 Å². The molecule has 21 heavy (non-hydrogen) atoms. The van der Waals surface area contributed by atoms with Crippen LogP contribution in [-0.4, -0.2) is 12.1 Å². The fourth-order valence-corrected chi connectivity index (χ4v) is 4.33. The molecule has 2 N–H and O–H groups in total. The van der Waals surface area contributed by atoms with Crippen molar-refractivity contribution >= 4 is 17.0 Å². The summed E-state index contributed by atoms with van der Waals surface area (Å²) < 4.78 is 5.93. The summed E-state index contributed by atoms with van der Waals surface area (Å²) in [4.78, 5) is 4.86. The van der Waals surface area contributed by atoms with Gasteiger partial charge in [-0.25, -0.2) is 4.98 Å². The van der Waals surface area contributed by atoms with Crippen molar-refractivity contribution in [1.29, 1.82) is 0 Å². The first kappa shape index (κ1) is 14.5. The van der Waals surface area contributed by atoms with Gasteiger partial charge in [-0.05, 0) is 37.3 Å². The maximum atomic E-state index is 5.93. The largest absolute Gasteiger partial charge is 0.399 e. The Morgan fingerprint density at radius 2 is 2.29 bits per heavy atom. The van der Waals surface area contributed by atoms with Crippen molar-refractivity contribution in [3.63, 3.8) is 0 Å². The molecule has 0 amide bonds. The van der Waals surface area contributed by atoms with Gasteiger partial charge in [-0.3, -0.25) is 0 Å². The van der Waals surface area contributed by atoms with Crippen LogP contribution in [0.15, 0.2) is 29.6 Å². The zero-order valence-electron chi connectivity index (χ0n) is 12.6. The van der Waals surface area contributed by atoms with Crippen molar-refractivity contribution < 1.29 is 4.74 Å². The summed E-state index contributed by atoms with van der Waals surface area (Å²) in [7, 11) is 1.82. The van der Waals surface area contributed by atoms with Crippen LogP contribution in [0.5, 0.6) is 0 Å². The van der Waals surface area contributed by atoms with Gasteiger partial charge in [-0.2, -0.15) is 0 Å². The quantitative estimate of drug-likeness (QED) is 0.852. The molecule has 1 heterocycles.